The van der Waals surface area contributed by atoms with Gasteiger partial charge in [-0.2, -0.15) is 0 Å². The van der Waals surface area contributed by atoms with E-state index in [9.17, 15) is 9.59 Å². The number of likely N-dealkylation sites (N-methyl/N-ethyl adjacent to an activating group) is 2. The van der Waals surface area contributed by atoms with Gasteiger partial charge in [0.15, 0.2) is 12.4 Å². The number of hydrogen-bond donors (Lipinski definition) is 1. The molecule has 1 aliphatic heterocycles. The lowest BCUT2D eigenvalue weighted by Crippen LogP contribution is -2.58. The largest absolute Gasteiger partial charge is 0.478 e. The van der Waals surface area contributed by atoms with Crippen molar-refractivity contribution in [3.05, 3.63) is 57.1 Å². The molecule has 0 atom stereocenters. The van der Waals surface area contributed by atoms with Crippen LogP contribution in [0.4, 0.5) is 5.95 Å². The molecule has 2 aromatic heterocycles. The van der Waals surface area contributed by atoms with Crippen molar-refractivity contribution in [3.63, 3.8) is 0 Å². The van der Waals surface area contributed by atoms with E-state index in [-0.39, 0.29) is 29.4 Å². The minimum atomic E-state index is -0.307. The number of nitrogens with zero attached hydrogens (tertiary/aromatic N) is 5. The van der Waals surface area contributed by atoms with Crippen LogP contribution in [0.5, 0.6) is 5.75 Å². The molecule has 186 valence electrons. The number of nitrogens with one attached hydrogen (secondary N) is 1. The lowest BCUT2D eigenvalue weighted by Gasteiger charge is -2.45. The zero-order valence-corrected chi connectivity index (χ0v) is 21.5. The minimum absolute atomic E-state index is 0.0211. The number of carbonyl (C=O) groups excluding carboxylic acids is 1. The van der Waals surface area contributed by atoms with E-state index < -0.39 is 0 Å². The summed E-state index contributed by atoms with van der Waals surface area (Å²) in [6.45, 7) is 6.81. The van der Waals surface area contributed by atoms with E-state index >= 15 is 0 Å². The van der Waals surface area contributed by atoms with Crippen molar-refractivity contribution in [2.75, 3.05) is 45.2 Å². The highest BCUT2D eigenvalue weighted by Crippen LogP contribution is 2.26. The highest BCUT2D eigenvalue weighted by molar-refractivity contribution is 6.31. The summed E-state index contributed by atoms with van der Waals surface area (Å²) in [6.07, 6.45) is 2.18. The number of anilines is 1. The normalized spacial score (nSPS) is 15.9. The Balaban J connectivity index is 1.62. The molecule has 3 heterocycles. The molecule has 1 aliphatic rings. The maximum atomic E-state index is 12.6. The summed E-state index contributed by atoms with van der Waals surface area (Å²) in [7, 11) is 5.34. The third-order valence-electron chi connectivity index (χ3n) is 6.67. The monoisotopic (exact) mass is 498 g/mol. The molecule has 35 heavy (non-hydrogen) atoms. The number of rotatable bonds is 6. The van der Waals surface area contributed by atoms with Gasteiger partial charge >= 0.3 is 0 Å². The van der Waals surface area contributed by atoms with Gasteiger partial charge in [-0.15, -0.1) is 0 Å². The number of piperazine rings is 1. The van der Waals surface area contributed by atoms with Crippen molar-refractivity contribution in [1.82, 2.24) is 24.8 Å². The first kappa shape index (κ1) is 24.9. The lowest BCUT2D eigenvalue weighted by molar-refractivity contribution is -0.122. The van der Waals surface area contributed by atoms with Crippen molar-refractivity contribution in [1.29, 1.82) is 0 Å². The van der Waals surface area contributed by atoms with Gasteiger partial charge in [-0.25, -0.2) is 9.97 Å². The Hall–Kier alpha value is -3.17. The van der Waals surface area contributed by atoms with Gasteiger partial charge < -0.3 is 19.5 Å². The van der Waals surface area contributed by atoms with Crippen LogP contribution in [0.2, 0.25) is 5.02 Å². The average Bonchev–Trinajstić information content (AvgIpc) is 2.83. The molecule has 4 rings (SSSR count). The predicted octanol–water partition coefficient (Wildman–Crippen LogP) is 2.23. The smallest absolute Gasteiger partial charge is 0.293 e. The van der Waals surface area contributed by atoms with Crippen molar-refractivity contribution in [2.24, 2.45) is 7.05 Å². The quantitative estimate of drug-likeness (QED) is 0.557. The Labute approximate surface area is 209 Å². The summed E-state index contributed by atoms with van der Waals surface area (Å²) < 4.78 is 6.98. The highest BCUT2D eigenvalue weighted by atomic mass is 35.5. The van der Waals surface area contributed by atoms with Gasteiger partial charge in [-0.1, -0.05) is 17.7 Å². The fourth-order valence-corrected chi connectivity index (χ4v) is 4.36. The maximum absolute atomic E-state index is 12.6. The van der Waals surface area contributed by atoms with Gasteiger partial charge in [-0.05, 0) is 44.7 Å². The first-order valence-electron chi connectivity index (χ1n) is 11.5. The molecule has 10 heteroatoms. The first-order valence-corrected chi connectivity index (χ1v) is 11.9. The fourth-order valence-electron chi connectivity index (χ4n) is 4.20. The predicted molar refractivity (Wildman–Crippen MR) is 138 cm³/mol. The molecule has 1 saturated heterocycles. The summed E-state index contributed by atoms with van der Waals surface area (Å²) >= 11 is 6.48. The van der Waals surface area contributed by atoms with E-state index in [2.05, 4.69) is 41.0 Å². The van der Waals surface area contributed by atoms with Crippen LogP contribution in [0.25, 0.3) is 10.9 Å². The molecule has 0 bridgehead atoms. The second-order valence-electron chi connectivity index (χ2n) is 9.52. The van der Waals surface area contributed by atoms with Gasteiger partial charge in [0, 0.05) is 51.1 Å². The third-order valence-corrected chi connectivity index (χ3v) is 6.98. The van der Waals surface area contributed by atoms with Crippen LogP contribution in [0.3, 0.4) is 0 Å². The summed E-state index contributed by atoms with van der Waals surface area (Å²) in [4.78, 5) is 38.0. The molecule has 0 spiro atoms. The van der Waals surface area contributed by atoms with Crippen molar-refractivity contribution >= 4 is 34.4 Å². The number of pyridine rings is 1. The number of aromatic nitrogens is 3. The van der Waals surface area contributed by atoms with Crippen LogP contribution < -0.4 is 20.5 Å². The molecule has 1 fully saturated rings. The van der Waals surface area contributed by atoms with Gasteiger partial charge in [0.1, 0.15) is 0 Å². The number of carbonyl (C=O) groups is 1. The Morgan fingerprint density at radius 2 is 2.00 bits per heavy atom. The molecule has 3 aromatic rings. The number of benzene rings is 1. The molecule has 0 aliphatic carbocycles. The minimum Gasteiger partial charge on any atom is -0.478 e. The van der Waals surface area contributed by atoms with Crippen LogP contribution in [0.15, 0.2) is 35.3 Å². The lowest BCUT2D eigenvalue weighted by atomic mass is 10.00. The molecule has 1 amide bonds. The Morgan fingerprint density at radius 3 is 2.71 bits per heavy atom. The molecule has 0 unspecified atom stereocenters. The zero-order chi connectivity index (χ0) is 25.3. The SMILES string of the molecule is CNC(=O)COc1cc2cc(Cc3nc(N4CCN(C)C(C)(C)C4)ncc3Cl)ccc2n(C)c1=O. The van der Waals surface area contributed by atoms with E-state index in [1.165, 1.54) is 11.6 Å². The average molecular weight is 499 g/mol. The van der Waals surface area contributed by atoms with Crippen molar-refractivity contribution in [3.8, 4) is 5.75 Å². The van der Waals surface area contributed by atoms with Crippen LogP contribution in [-0.4, -0.2) is 71.2 Å². The second-order valence-corrected chi connectivity index (χ2v) is 9.93. The molecular weight excluding hydrogens is 468 g/mol. The van der Waals surface area contributed by atoms with E-state index in [4.69, 9.17) is 21.3 Å². The second kappa shape index (κ2) is 9.83. The maximum Gasteiger partial charge on any atom is 0.293 e. The Morgan fingerprint density at radius 1 is 1.23 bits per heavy atom. The topological polar surface area (TPSA) is 92.6 Å². The summed E-state index contributed by atoms with van der Waals surface area (Å²) in [5.41, 5.74) is 2.22. The van der Waals surface area contributed by atoms with Crippen LogP contribution in [-0.2, 0) is 18.3 Å². The fraction of sp³-hybridized carbons (Fsp3) is 0.440. The molecule has 9 nitrogen and oxygen atoms in total. The molecule has 1 aromatic carbocycles. The van der Waals surface area contributed by atoms with Gasteiger partial charge in [0.05, 0.1) is 22.4 Å². The number of ether oxygens (including phenoxy) is 1. The van der Waals surface area contributed by atoms with Crippen LogP contribution in [0.1, 0.15) is 25.1 Å². The number of hydrogen-bond acceptors (Lipinski definition) is 7. The Bertz CT molecular complexity index is 1320. The molecule has 0 radical (unpaired) electrons. The van der Waals surface area contributed by atoms with E-state index in [1.807, 2.05) is 18.2 Å². The zero-order valence-electron chi connectivity index (χ0n) is 20.8. The van der Waals surface area contributed by atoms with Crippen molar-refractivity contribution < 1.29 is 9.53 Å². The molecule has 1 N–H and O–H groups in total. The van der Waals surface area contributed by atoms with Crippen LogP contribution >= 0.6 is 11.6 Å². The summed E-state index contributed by atoms with van der Waals surface area (Å²) in [5.74, 6) is 0.498. The van der Waals surface area contributed by atoms with E-state index in [0.717, 1.165) is 41.8 Å². The van der Waals surface area contributed by atoms with Gasteiger partial charge in [-0.3, -0.25) is 14.5 Å². The standard InChI is InChI=1S/C25H31ClN6O3/c1-25(2)15-32(9-8-30(25)4)24-28-13-18(26)19(29-24)11-16-6-7-20-17(10-16)12-21(23(34)31(20)5)35-14-22(33)27-3/h6-7,10,12-13H,8-9,11,14-15H2,1-5H3,(H,27,33). The highest BCUT2D eigenvalue weighted by Gasteiger charge is 2.32. The van der Waals surface area contributed by atoms with Crippen LogP contribution in [0, 0.1) is 0 Å². The summed E-state index contributed by atoms with van der Waals surface area (Å²) in [6, 6.07) is 7.51. The van der Waals surface area contributed by atoms with Gasteiger partial charge in [0.25, 0.3) is 11.5 Å². The first-order chi connectivity index (χ1) is 16.6. The summed E-state index contributed by atoms with van der Waals surface area (Å²) in [5, 5.41) is 3.81. The van der Waals surface area contributed by atoms with Gasteiger partial charge in [0.2, 0.25) is 5.95 Å². The number of halogens is 1. The van der Waals surface area contributed by atoms with E-state index in [0.29, 0.717) is 17.4 Å². The Kier molecular flexibility index (Phi) is 7.00. The number of aryl methyl sites for hydroxylation is 1. The third kappa shape index (κ3) is 5.26. The molecule has 0 saturated carbocycles. The van der Waals surface area contributed by atoms with Crippen molar-refractivity contribution in [2.45, 2.75) is 25.8 Å². The molecular formula is C25H31ClN6O3. The number of fused-ring (bicyclic) bond motifs is 1. The number of amides is 1. The van der Waals surface area contributed by atoms with E-state index in [1.54, 1.807) is 19.3 Å².